The van der Waals surface area contributed by atoms with Crippen LogP contribution < -0.4 is 10.6 Å². The van der Waals surface area contributed by atoms with Crippen molar-refractivity contribution in [1.82, 2.24) is 10.6 Å². The summed E-state index contributed by atoms with van der Waals surface area (Å²) < 4.78 is 0. The smallest absolute Gasteiger partial charge is 0.191 e. The van der Waals surface area contributed by atoms with Gasteiger partial charge < -0.3 is 15.7 Å². The Morgan fingerprint density at radius 2 is 2.00 bits per heavy atom. The third-order valence-electron chi connectivity index (χ3n) is 3.96. The first-order valence-corrected chi connectivity index (χ1v) is 7.89. The zero-order valence-electron chi connectivity index (χ0n) is 13.4. The number of hydrogen-bond acceptors (Lipinski definition) is 2. The van der Waals surface area contributed by atoms with Gasteiger partial charge in [0.25, 0.3) is 0 Å². The fraction of sp³-hybridized carbons (Fsp3) is 0.588. The summed E-state index contributed by atoms with van der Waals surface area (Å²) in [6, 6.07) is 3.89. The van der Waals surface area contributed by atoms with Crippen molar-refractivity contribution in [2.24, 2.45) is 10.9 Å². The number of rotatable bonds is 4. The average molecular weight is 289 g/mol. The lowest BCUT2D eigenvalue weighted by Crippen LogP contribution is -2.38. The zero-order chi connectivity index (χ0) is 15.2. The number of fused-ring (bicyclic) bond motifs is 1. The maximum absolute atomic E-state index is 10.2. The van der Waals surface area contributed by atoms with Gasteiger partial charge in [0.1, 0.15) is 5.75 Å². The highest BCUT2D eigenvalue weighted by Crippen LogP contribution is 2.30. The van der Waals surface area contributed by atoms with Crippen LogP contribution in [0, 0.1) is 5.92 Å². The minimum absolute atomic E-state index is 0.391. The fourth-order valence-corrected chi connectivity index (χ4v) is 2.78. The van der Waals surface area contributed by atoms with Crippen molar-refractivity contribution in [3.8, 4) is 5.75 Å². The Labute approximate surface area is 127 Å². The van der Waals surface area contributed by atoms with Gasteiger partial charge in [-0.25, -0.2) is 0 Å². The number of aromatic hydroxyl groups is 1. The van der Waals surface area contributed by atoms with Crippen LogP contribution in [0.4, 0.5) is 0 Å². The third-order valence-corrected chi connectivity index (χ3v) is 3.96. The lowest BCUT2D eigenvalue weighted by molar-refractivity contribution is 0.464. The van der Waals surface area contributed by atoms with Crippen LogP contribution in [0.3, 0.4) is 0 Å². The summed E-state index contributed by atoms with van der Waals surface area (Å²) in [5, 5.41) is 16.8. The second kappa shape index (κ2) is 7.34. The molecule has 0 heterocycles. The molecule has 4 nitrogen and oxygen atoms in total. The molecule has 0 fully saturated rings. The Kier molecular flexibility index (Phi) is 5.48. The summed E-state index contributed by atoms with van der Waals surface area (Å²) in [7, 11) is 1.77. The number of nitrogens with one attached hydrogen (secondary N) is 2. The zero-order valence-corrected chi connectivity index (χ0v) is 13.4. The molecule has 1 aliphatic carbocycles. The molecule has 0 spiro atoms. The molecule has 4 heteroatoms. The first-order chi connectivity index (χ1) is 10.1. The number of hydrogen-bond donors (Lipinski definition) is 3. The number of phenols is 1. The first kappa shape index (κ1) is 15.7. The summed E-state index contributed by atoms with van der Waals surface area (Å²) in [6.45, 7) is 5.84. The second-order valence-electron chi connectivity index (χ2n) is 6.11. The van der Waals surface area contributed by atoms with E-state index in [-0.39, 0.29) is 0 Å². The van der Waals surface area contributed by atoms with Gasteiger partial charge in [-0.3, -0.25) is 4.99 Å². The molecule has 0 aliphatic heterocycles. The Balaban J connectivity index is 2.05. The normalized spacial score (nSPS) is 15.0. The van der Waals surface area contributed by atoms with Gasteiger partial charge in [0.2, 0.25) is 0 Å². The highest BCUT2D eigenvalue weighted by molar-refractivity contribution is 5.79. The third kappa shape index (κ3) is 4.13. The molecule has 0 unspecified atom stereocenters. The molecule has 1 aromatic carbocycles. The molecule has 0 radical (unpaired) electrons. The quantitative estimate of drug-likeness (QED) is 0.590. The Morgan fingerprint density at radius 3 is 2.71 bits per heavy atom. The van der Waals surface area contributed by atoms with Crippen molar-refractivity contribution in [1.29, 1.82) is 0 Å². The number of nitrogens with zero attached hydrogens (tertiary/aromatic N) is 1. The molecule has 1 aromatic rings. The molecule has 116 valence electrons. The van der Waals surface area contributed by atoms with Crippen molar-refractivity contribution in [3.63, 3.8) is 0 Å². The lowest BCUT2D eigenvalue weighted by atomic mass is 9.88. The molecule has 1 aliphatic rings. The van der Waals surface area contributed by atoms with E-state index >= 15 is 0 Å². The van der Waals surface area contributed by atoms with Crippen molar-refractivity contribution < 1.29 is 5.11 Å². The van der Waals surface area contributed by atoms with E-state index in [1.54, 1.807) is 7.05 Å². The van der Waals surface area contributed by atoms with Crippen LogP contribution in [-0.2, 0) is 19.4 Å². The second-order valence-corrected chi connectivity index (χ2v) is 6.11. The number of benzene rings is 1. The summed E-state index contributed by atoms with van der Waals surface area (Å²) in [5.74, 6) is 1.75. The highest BCUT2D eigenvalue weighted by atomic mass is 16.3. The van der Waals surface area contributed by atoms with E-state index in [0.717, 1.165) is 30.9 Å². The van der Waals surface area contributed by atoms with Gasteiger partial charge >= 0.3 is 0 Å². The van der Waals surface area contributed by atoms with E-state index in [2.05, 4.69) is 35.5 Å². The van der Waals surface area contributed by atoms with Crippen LogP contribution >= 0.6 is 0 Å². The molecular weight excluding hydrogens is 262 g/mol. The Morgan fingerprint density at radius 1 is 1.24 bits per heavy atom. The molecule has 21 heavy (non-hydrogen) atoms. The SMILES string of the molecule is CN=C(NCc1c(O)ccc2c1CCCC2)NCC(C)C. The minimum atomic E-state index is 0.391. The molecule has 3 N–H and O–H groups in total. The van der Waals surface area contributed by atoms with E-state index in [4.69, 9.17) is 0 Å². The van der Waals surface area contributed by atoms with Gasteiger partial charge in [-0.2, -0.15) is 0 Å². The van der Waals surface area contributed by atoms with Crippen LogP contribution in [0.15, 0.2) is 17.1 Å². The molecule has 0 amide bonds. The number of guanidine groups is 1. The predicted molar refractivity (Wildman–Crippen MR) is 87.8 cm³/mol. The first-order valence-electron chi connectivity index (χ1n) is 7.89. The minimum Gasteiger partial charge on any atom is -0.508 e. The monoisotopic (exact) mass is 289 g/mol. The summed E-state index contributed by atoms with van der Waals surface area (Å²) in [4.78, 5) is 4.23. The van der Waals surface area contributed by atoms with E-state index in [0.29, 0.717) is 18.2 Å². The van der Waals surface area contributed by atoms with Gasteiger partial charge in [-0.1, -0.05) is 19.9 Å². The summed E-state index contributed by atoms with van der Waals surface area (Å²) in [6.07, 6.45) is 4.66. The fourth-order valence-electron chi connectivity index (χ4n) is 2.78. The lowest BCUT2D eigenvalue weighted by Gasteiger charge is -2.21. The number of aliphatic imine (C=N–C) groups is 1. The van der Waals surface area contributed by atoms with Gasteiger partial charge in [0, 0.05) is 25.7 Å². The average Bonchev–Trinajstić information content (AvgIpc) is 2.49. The number of phenolic OH excluding ortho intramolecular Hbond substituents is 1. The van der Waals surface area contributed by atoms with E-state index in [9.17, 15) is 5.11 Å². The molecular formula is C17H27N3O. The number of aryl methyl sites for hydroxylation is 1. The van der Waals surface area contributed by atoms with E-state index in [1.165, 1.54) is 24.0 Å². The maximum atomic E-state index is 10.2. The highest BCUT2D eigenvalue weighted by Gasteiger charge is 2.16. The molecule has 0 saturated heterocycles. The predicted octanol–water partition coefficient (Wildman–Crippen LogP) is 2.59. The van der Waals surface area contributed by atoms with Gasteiger partial charge in [-0.05, 0) is 48.8 Å². The van der Waals surface area contributed by atoms with Crippen LogP contribution in [0.2, 0.25) is 0 Å². The Hall–Kier alpha value is -1.71. The molecule has 0 bridgehead atoms. The van der Waals surface area contributed by atoms with Crippen molar-refractivity contribution >= 4 is 5.96 Å². The largest absolute Gasteiger partial charge is 0.508 e. The van der Waals surface area contributed by atoms with Gasteiger partial charge in [0.05, 0.1) is 0 Å². The van der Waals surface area contributed by atoms with Crippen molar-refractivity contribution in [3.05, 3.63) is 28.8 Å². The van der Waals surface area contributed by atoms with E-state index in [1.807, 2.05) is 6.07 Å². The van der Waals surface area contributed by atoms with Crippen molar-refractivity contribution in [2.75, 3.05) is 13.6 Å². The van der Waals surface area contributed by atoms with Crippen LogP contribution in [0.25, 0.3) is 0 Å². The summed E-state index contributed by atoms with van der Waals surface area (Å²) >= 11 is 0. The van der Waals surface area contributed by atoms with Gasteiger partial charge in [0.15, 0.2) is 5.96 Å². The van der Waals surface area contributed by atoms with Crippen LogP contribution in [-0.4, -0.2) is 24.7 Å². The Bertz CT molecular complexity index is 509. The van der Waals surface area contributed by atoms with Gasteiger partial charge in [-0.15, -0.1) is 0 Å². The molecule has 0 saturated carbocycles. The van der Waals surface area contributed by atoms with Crippen LogP contribution in [0.5, 0.6) is 5.75 Å². The summed E-state index contributed by atoms with van der Waals surface area (Å²) in [5.41, 5.74) is 3.74. The van der Waals surface area contributed by atoms with E-state index < -0.39 is 0 Å². The standard InChI is InChI=1S/C17H27N3O/c1-12(2)10-19-17(18-3)20-11-15-14-7-5-4-6-13(14)8-9-16(15)21/h8-9,12,21H,4-7,10-11H2,1-3H3,(H2,18,19,20). The molecule has 0 aromatic heterocycles. The van der Waals surface area contributed by atoms with Crippen molar-refractivity contribution in [2.45, 2.75) is 46.1 Å². The maximum Gasteiger partial charge on any atom is 0.191 e. The topological polar surface area (TPSA) is 56.7 Å². The molecule has 2 rings (SSSR count). The van der Waals surface area contributed by atoms with Crippen LogP contribution in [0.1, 0.15) is 43.4 Å². The molecule has 0 atom stereocenters.